The number of aromatic nitrogens is 4. The van der Waals surface area contributed by atoms with Crippen molar-refractivity contribution in [2.24, 2.45) is 0 Å². The van der Waals surface area contributed by atoms with Crippen molar-refractivity contribution in [2.45, 2.75) is 32.0 Å². The molecule has 1 fully saturated rings. The van der Waals surface area contributed by atoms with Gasteiger partial charge in [0.15, 0.2) is 5.82 Å². The highest BCUT2D eigenvalue weighted by Crippen LogP contribution is 2.33. The summed E-state index contributed by atoms with van der Waals surface area (Å²) in [6, 6.07) is 12.0. The van der Waals surface area contributed by atoms with Crippen LogP contribution in [0.5, 0.6) is 0 Å². The van der Waals surface area contributed by atoms with E-state index >= 15 is 0 Å². The average Bonchev–Trinajstić information content (AvgIpc) is 3.04. The first-order valence-corrected chi connectivity index (χ1v) is 9.64. The van der Waals surface area contributed by atoms with Gasteiger partial charge in [-0.1, -0.05) is 17.7 Å². The fourth-order valence-corrected chi connectivity index (χ4v) is 4.19. The van der Waals surface area contributed by atoms with Crippen LogP contribution in [0.2, 0.25) is 5.02 Å². The molecule has 0 spiro atoms. The van der Waals surface area contributed by atoms with Gasteiger partial charge in [0.25, 0.3) is 0 Å². The van der Waals surface area contributed by atoms with Gasteiger partial charge >= 0.3 is 0 Å². The Hall–Kier alpha value is -2.44. The second kappa shape index (κ2) is 6.94. The predicted molar refractivity (Wildman–Crippen MR) is 103 cm³/mol. The zero-order valence-corrected chi connectivity index (χ0v) is 15.6. The quantitative estimate of drug-likeness (QED) is 0.677. The Bertz CT molecular complexity index is 950. The van der Waals surface area contributed by atoms with Crippen molar-refractivity contribution in [2.75, 3.05) is 18.0 Å². The SMILES string of the molecule is Clc1ccc2c(c1)COCc1nnc(C3CCN(c4ccccn4)CC3)n1-2. The molecule has 4 heterocycles. The van der Waals surface area contributed by atoms with Gasteiger partial charge in [0.05, 0.1) is 12.3 Å². The van der Waals surface area contributed by atoms with Crippen LogP contribution < -0.4 is 4.90 Å². The van der Waals surface area contributed by atoms with Crippen LogP contribution in [0.15, 0.2) is 42.6 Å². The standard InChI is InChI=1S/C20H20ClN5O/c21-16-4-5-17-15(11-16)12-27-13-19-23-24-20(26(17)19)14-6-9-25(10-7-14)18-3-1-2-8-22-18/h1-5,8,11,14H,6-7,9-10,12-13H2. The summed E-state index contributed by atoms with van der Waals surface area (Å²) in [7, 11) is 0. The monoisotopic (exact) mass is 381 g/mol. The van der Waals surface area contributed by atoms with Crippen molar-refractivity contribution in [3.63, 3.8) is 0 Å². The molecular formula is C20H20ClN5O. The first-order valence-electron chi connectivity index (χ1n) is 9.26. The summed E-state index contributed by atoms with van der Waals surface area (Å²) in [4.78, 5) is 6.81. The molecule has 2 aliphatic heterocycles. The summed E-state index contributed by atoms with van der Waals surface area (Å²) < 4.78 is 7.96. The van der Waals surface area contributed by atoms with Gasteiger partial charge in [0.2, 0.25) is 0 Å². The molecule has 5 rings (SSSR count). The lowest BCUT2D eigenvalue weighted by molar-refractivity contribution is 0.105. The molecule has 0 saturated carbocycles. The lowest BCUT2D eigenvalue weighted by Crippen LogP contribution is -2.34. The van der Waals surface area contributed by atoms with Gasteiger partial charge in [-0.15, -0.1) is 10.2 Å². The predicted octanol–water partition coefficient (Wildman–Crippen LogP) is 3.73. The topological polar surface area (TPSA) is 56.1 Å². The number of fused-ring (bicyclic) bond motifs is 3. The highest BCUT2D eigenvalue weighted by molar-refractivity contribution is 6.30. The lowest BCUT2D eigenvalue weighted by atomic mass is 9.95. The summed E-state index contributed by atoms with van der Waals surface area (Å²) in [5.74, 6) is 3.30. The van der Waals surface area contributed by atoms with Gasteiger partial charge in [0.1, 0.15) is 18.2 Å². The zero-order chi connectivity index (χ0) is 18.2. The van der Waals surface area contributed by atoms with Crippen LogP contribution in [0.3, 0.4) is 0 Å². The molecule has 0 aliphatic carbocycles. The molecule has 0 radical (unpaired) electrons. The van der Waals surface area contributed by atoms with Gasteiger partial charge in [-0.2, -0.15) is 0 Å². The van der Waals surface area contributed by atoms with Crippen molar-refractivity contribution in [1.82, 2.24) is 19.7 Å². The molecule has 2 aliphatic rings. The fourth-order valence-electron chi connectivity index (χ4n) is 4.00. The van der Waals surface area contributed by atoms with Crippen LogP contribution >= 0.6 is 11.6 Å². The van der Waals surface area contributed by atoms with Crippen molar-refractivity contribution >= 4 is 17.4 Å². The number of ether oxygens (including phenoxy) is 1. The Morgan fingerprint density at radius 3 is 2.74 bits per heavy atom. The van der Waals surface area contributed by atoms with E-state index in [-0.39, 0.29) is 0 Å². The Kier molecular flexibility index (Phi) is 4.30. The first kappa shape index (κ1) is 16.7. The third-order valence-corrected chi connectivity index (χ3v) is 5.59. The molecule has 6 nitrogen and oxygen atoms in total. The second-order valence-corrected chi connectivity index (χ2v) is 7.46. The van der Waals surface area contributed by atoms with Gasteiger partial charge in [-0.05, 0) is 43.2 Å². The summed E-state index contributed by atoms with van der Waals surface area (Å²) in [5, 5.41) is 9.69. The maximum absolute atomic E-state index is 6.19. The number of rotatable bonds is 2. The van der Waals surface area contributed by atoms with Gasteiger partial charge < -0.3 is 9.64 Å². The van der Waals surface area contributed by atoms with Crippen molar-refractivity contribution < 1.29 is 4.74 Å². The van der Waals surface area contributed by atoms with E-state index in [1.165, 1.54) is 0 Å². The fraction of sp³-hybridized carbons (Fsp3) is 0.350. The van der Waals surface area contributed by atoms with E-state index in [1.54, 1.807) is 0 Å². The molecule has 0 unspecified atom stereocenters. The zero-order valence-electron chi connectivity index (χ0n) is 14.9. The molecule has 7 heteroatoms. The smallest absolute Gasteiger partial charge is 0.163 e. The minimum atomic E-state index is 0.368. The molecule has 0 amide bonds. The molecule has 3 aromatic rings. The van der Waals surface area contributed by atoms with Crippen molar-refractivity contribution in [3.8, 4) is 5.69 Å². The Morgan fingerprint density at radius 2 is 1.93 bits per heavy atom. The van der Waals surface area contributed by atoms with Gasteiger partial charge in [-0.3, -0.25) is 4.57 Å². The van der Waals surface area contributed by atoms with Gasteiger partial charge in [0, 0.05) is 35.8 Å². The Labute approximate surface area is 162 Å². The normalized spacial score (nSPS) is 17.3. The first-order chi connectivity index (χ1) is 13.3. The van der Waals surface area contributed by atoms with E-state index < -0.39 is 0 Å². The third kappa shape index (κ3) is 3.09. The van der Waals surface area contributed by atoms with Crippen LogP contribution in [0, 0.1) is 0 Å². The number of pyridine rings is 1. The number of benzene rings is 1. The number of piperidine rings is 1. The minimum absolute atomic E-state index is 0.368. The van der Waals surface area contributed by atoms with Crippen LogP contribution in [0.4, 0.5) is 5.82 Å². The van der Waals surface area contributed by atoms with Gasteiger partial charge in [-0.25, -0.2) is 4.98 Å². The van der Waals surface area contributed by atoms with Crippen LogP contribution in [0.25, 0.3) is 5.69 Å². The van der Waals surface area contributed by atoms with Crippen LogP contribution in [-0.4, -0.2) is 32.8 Å². The maximum atomic E-state index is 6.19. The maximum Gasteiger partial charge on any atom is 0.163 e. The number of halogens is 1. The summed E-state index contributed by atoms with van der Waals surface area (Å²) in [6.45, 7) is 2.94. The number of anilines is 1. The Morgan fingerprint density at radius 1 is 1.04 bits per heavy atom. The largest absolute Gasteiger partial charge is 0.369 e. The van der Waals surface area contributed by atoms with E-state index in [4.69, 9.17) is 16.3 Å². The van der Waals surface area contributed by atoms with E-state index in [0.29, 0.717) is 19.1 Å². The molecular weight excluding hydrogens is 362 g/mol. The third-order valence-electron chi connectivity index (χ3n) is 5.36. The second-order valence-electron chi connectivity index (χ2n) is 7.02. The molecule has 27 heavy (non-hydrogen) atoms. The number of nitrogens with zero attached hydrogens (tertiary/aromatic N) is 5. The Balaban J connectivity index is 1.44. The van der Waals surface area contributed by atoms with E-state index in [2.05, 4.69) is 30.7 Å². The lowest BCUT2D eigenvalue weighted by Gasteiger charge is -2.32. The molecule has 1 aromatic carbocycles. The highest BCUT2D eigenvalue weighted by atomic mass is 35.5. The summed E-state index contributed by atoms with van der Waals surface area (Å²) in [5.41, 5.74) is 2.16. The van der Waals surface area contributed by atoms with E-state index in [9.17, 15) is 0 Å². The minimum Gasteiger partial charge on any atom is -0.369 e. The molecule has 0 atom stereocenters. The number of hydrogen-bond acceptors (Lipinski definition) is 5. The van der Waals surface area contributed by atoms with Crippen molar-refractivity contribution in [1.29, 1.82) is 0 Å². The molecule has 0 N–H and O–H groups in total. The molecule has 1 saturated heterocycles. The number of hydrogen-bond donors (Lipinski definition) is 0. The average molecular weight is 382 g/mol. The van der Waals surface area contributed by atoms with Crippen LogP contribution in [0.1, 0.15) is 36.0 Å². The van der Waals surface area contributed by atoms with Crippen molar-refractivity contribution in [3.05, 3.63) is 64.8 Å². The highest BCUT2D eigenvalue weighted by Gasteiger charge is 2.29. The summed E-state index contributed by atoms with van der Waals surface area (Å²) >= 11 is 6.19. The molecule has 138 valence electrons. The molecule has 2 aromatic heterocycles. The van der Waals surface area contributed by atoms with Crippen LogP contribution in [-0.2, 0) is 18.0 Å². The molecule has 0 bridgehead atoms. The van der Waals surface area contributed by atoms with E-state index in [0.717, 1.165) is 59.7 Å². The van der Waals surface area contributed by atoms with E-state index in [1.807, 2.05) is 36.5 Å². The summed E-state index contributed by atoms with van der Waals surface area (Å²) in [6.07, 6.45) is 3.90.